The minimum absolute atomic E-state index is 0.0535. The molecule has 2 aromatic heterocycles. The number of rotatable bonds is 10. The van der Waals surface area contributed by atoms with E-state index in [9.17, 15) is 9.18 Å². The van der Waals surface area contributed by atoms with Crippen molar-refractivity contribution in [2.24, 2.45) is 5.92 Å². The smallest absolute Gasteiger partial charge is 0.264 e. The SMILES string of the molecule is CCCCc1ccc(C(=O)N(Cc2nc3cc(F)ccc3n2CCC)CC(C)C)s1. The van der Waals surface area contributed by atoms with Crippen molar-refractivity contribution in [3.05, 3.63) is 51.7 Å². The number of thiophene rings is 1. The van der Waals surface area contributed by atoms with Crippen molar-refractivity contribution < 1.29 is 9.18 Å². The van der Waals surface area contributed by atoms with E-state index in [2.05, 4.69) is 38.3 Å². The molecule has 30 heavy (non-hydrogen) atoms. The van der Waals surface area contributed by atoms with Gasteiger partial charge in [0.15, 0.2) is 0 Å². The summed E-state index contributed by atoms with van der Waals surface area (Å²) >= 11 is 1.60. The van der Waals surface area contributed by atoms with Crippen LogP contribution < -0.4 is 0 Å². The van der Waals surface area contributed by atoms with Gasteiger partial charge in [0.25, 0.3) is 5.91 Å². The molecule has 0 N–H and O–H groups in total. The quantitative estimate of drug-likeness (QED) is 0.380. The standard InChI is InChI=1S/C24H32FN3OS/c1-5-7-8-19-10-12-22(30-19)24(29)27(15-17(3)4)16-23-26-20-14-18(25)9-11-21(20)28(23)13-6-2/h9-12,14,17H,5-8,13,15-16H2,1-4H3. The third-order valence-electron chi connectivity index (χ3n) is 5.09. The monoisotopic (exact) mass is 429 g/mol. The van der Waals surface area contributed by atoms with Crippen molar-refractivity contribution >= 4 is 28.3 Å². The Morgan fingerprint density at radius 1 is 1.20 bits per heavy atom. The zero-order valence-corrected chi connectivity index (χ0v) is 19.3. The Morgan fingerprint density at radius 3 is 2.70 bits per heavy atom. The molecule has 3 rings (SSSR count). The van der Waals surface area contributed by atoms with Crippen LogP contribution in [0.25, 0.3) is 11.0 Å². The number of hydrogen-bond acceptors (Lipinski definition) is 3. The number of imidazole rings is 1. The third-order valence-corrected chi connectivity index (χ3v) is 6.22. The maximum absolute atomic E-state index is 13.7. The molecule has 2 heterocycles. The molecule has 4 nitrogen and oxygen atoms in total. The summed E-state index contributed by atoms with van der Waals surface area (Å²) in [5.41, 5.74) is 1.57. The summed E-state index contributed by atoms with van der Waals surface area (Å²) in [6, 6.07) is 8.76. The van der Waals surface area contributed by atoms with E-state index in [1.54, 1.807) is 17.4 Å². The van der Waals surface area contributed by atoms with Gasteiger partial charge in [0.2, 0.25) is 0 Å². The summed E-state index contributed by atoms with van der Waals surface area (Å²) in [5, 5.41) is 0. The van der Waals surface area contributed by atoms with E-state index >= 15 is 0 Å². The lowest BCUT2D eigenvalue weighted by molar-refractivity contribution is 0.0721. The number of unbranched alkanes of at least 4 members (excludes halogenated alkanes) is 1. The minimum Gasteiger partial charge on any atom is -0.330 e. The Balaban J connectivity index is 1.90. The van der Waals surface area contributed by atoms with Crippen LogP contribution in [0.5, 0.6) is 0 Å². The van der Waals surface area contributed by atoms with Gasteiger partial charge in [-0.15, -0.1) is 11.3 Å². The molecule has 6 heteroatoms. The molecule has 0 aliphatic rings. The van der Waals surface area contributed by atoms with Gasteiger partial charge in [0.05, 0.1) is 22.5 Å². The summed E-state index contributed by atoms with van der Waals surface area (Å²) < 4.78 is 15.8. The first-order chi connectivity index (χ1) is 14.4. The van der Waals surface area contributed by atoms with Crippen LogP contribution in [0.4, 0.5) is 4.39 Å². The molecule has 0 bridgehead atoms. The predicted molar refractivity (Wildman–Crippen MR) is 122 cm³/mol. The number of fused-ring (bicyclic) bond motifs is 1. The number of benzene rings is 1. The molecule has 0 saturated heterocycles. The van der Waals surface area contributed by atoms with Gasteiger partial charge in [-0.2, -0.15) is 0 Å². The maximum atomic E-state index is 13.7. The maximum Gasteiger partial charge on any atom is 0.264 e. The third kappa shape index (κ3) is 5.28. The van der Waals surface area contributed by atoms with Crippen LogP contribution in [0.3, 0.4) is 0 Å². The molecule has 0 atom stereocenters. The van der Waals surface area contributed by atoms with E-state index in [4.69, 9.17) is 4.98 Å². The fraction of sp³-hybridized carbons (Fsp3) is 0.500. The topological polar surface area (TPSA) is 38.1 Å². The molecule has 0 saturated carbocycles. The lowest BCUT2D eigenvalue weighted by Crippen LogP contribution is -2.34. The van der Waals surface area contributed by atoms with Gasteiger partial charge in [-0.1, -0.05) is 34.1 Å². The second kappa shape index (κ2) is 10.2. The first-order valence-corrected chi connectivity index (χ1v) is 11.8. The molecular weight excluding hydrogens is 397 g/mol. The molecular formula is C24H32FN3OS. The van der Waals surface area contributed by atoms with Gasteiger partial charge in [-0.3, -0.25) is 4.79 Å². The number of carbonyl (C=O) groups is 1. The lowest BCUT2D eigenvalue weighted by atomic mass is 10.2. The molecule has 1 amide bonds. The highest BCUT2D eigenvalue weighted by Crippen LogP contribution is 2.24. The first-order valence-electron chi connectivity index (χ1n) is 11.0. The van der Waals surface area contributed by atoms with Crippen molar-refractivity contribution in [3.8, 4) is 0 Å². The van der Waals surface area contributed by atoms with Crippen molar-refractivity contribution in [3.63, 3.8) is 0 Å². The van der Waals surface area contributed by atoms with Gasteiger partial charge in [-0.05, 0) is 49.4 Å². The zero-order chi connectivity index (χ0) is 21.7. The Bertz CT molecular complexity index is 992. The molecule has 162 valence electrons. The molecule has 0 unspecified atom stereocenters. The molecule has 0 radical (unpaired) electrons. The van der Waals surface area contributed by atoms with Crippen LogP contribution in [0, 0.1) is 11.7 Å². The molecule has 0 spiro atoms. The normalized spacial score (nSPS) is 11.5. The first kappa shape index (κ1) is 22.5. The molecule has 3 aromatic rings. The average molecular weight is 430 g/mol. The highest BCUT2D eigenvalue weighted by atomic mass is 32.1. The highest BCUT2D eigenvalue weighted by molar-refractivity contribution is 7.14. The van der Waals surface area contributed by atoms with E-state index in [0.717, 1.165) is 48.4 Å². The number of nitrogens with zero attached hydrogens (tertiary/aromatic N) is 3. The van der Waals surface area contributed by atoms with Crippen molar-refractivity contribution in [2.45, 2.75) is 66.5 Å². The van der Waals surface area contributed by atoms with E-state index in [-0.39, 0.29) is 11.7 Å². The average Bonchev–Trinajstić information content (AvgIpc) is 3.30. The number of hydrogen-bond donors (Lipinski definition) is 0. The minimum atomic E-state index is -0.288. The van der Waals surface area contributed by atoms with E-state index in [1.165, 1.54) is 17.0 Å². The van der Waals surface area contributed by atoms with Crippen LogP contribution in [0.1, 0.15) is 67.3 Å². The summed E-state index contributed by atoms with van der Waals surface area (Å²) in [6.45, 7) is 10.4. The Morgan fingerprint density at radius 2 is 2.00 bits per heavy atom. The van der Waals surface area contributed by atoms with E-state index < -0.39 is 0 Å². The Hall–Kier alpha value is -2.21. The van der Waals surface area contributed by atoms with E-state index in [0.29, 0.717) is 24.5 Å². The second-order valence-electron chi connectivity index (χ2n) is 8.26. The molecule has 0 aliphatic heterocycles. The van der Waals surface area contributed by atoms with Crippen molar-refractivity contribution in [2.75, 3.05) is 6.54 Å². The highest BCUT2D eigenvalue weighted by Gasteiger charge is 2.22. The van der Waals surface area contributed by atoms with Gasteiger partial charge in [0.1, 0.15) is 11.6 Å². The molecule has 0 aliphatic carbocycles. The lowest BCUT2D eigenvalue weighted by Gasteiger charge is -2.24. The predicted octanol–water partition coefficient (Wildman–Crippen LogP) is 6.29. The Labute approximate surface area is 182 Å². The largest absolute Gasteiger partial charge is 0.330 e. The van der Waals surface area contributed by atoms with E-state index in [1.807, 2.05) is 11.0 Å². The summed E-state index contributed by atoms with van der Waals surface area (Å²) in [7, 11) is 0. The van der Waals surface area contributed by atoms with Gasteiger partial charge < -0.3 is 9.47 Å². The number of aromatic nitrogens is 2. The Kier molecular flexibility index (Phi) is 7.64. The second-order valence-corrected chi connectivity index (χ2v) is 9.43. The van der Waals surface area contributed by atoms with Crippen LogP contribution in [0.2, 0.25) is 0 Å². The summed E-state index contributed by atoms with van der Waals surface area (Å²) in [4.78, 5) is 22.0. The van der Waals surface area contributed by atoms with Crippen LogP contribution >= 0.6 is 11.3 Å². The van der Waals surface area contributed by atoms with Crippen molar-refractivity contribution in [1.82, 2.24) is 14.5 Å². The van der Waals surface area contributed by atoms with Crippen LogP contribution in [-0.4, -0.2) is 26.9 Å². The van der Waals surface area contributed by atoms with Gasteiger partial charge >= 0.3 is 0 Å². The summed E-state index contributed by atoms with van der Waals surface area (Å²) in [6.07, 6.45) is 4.26. The fourth-order valence-corrected chi connectivity index (χ4v) is 4.73. The fourth-order valence-electron chi connectivity index (χ4n) is 3.71. The van der Waals surface area contributed by atoms with Crippen LogP contribution in [0.15, 0.2) is 30.3 Å². The molecule has 1 aromatic carbocycles. The number of carbonyl (C=O) groups excluding carboxylic acids is 1. The number of halogens is 1. The number of aryl methyl sites for hydroxylation is 2. The molecule has 0 fully saturated rings. The number of amides is 1. The van der Waals surface area contributed by atoms with Crippen molar-refractivity contribution in [1.29, 1.82) is 0 Å². The van der Waals surface area contributed by atoms with Gasteiger partial charge in [-0.25, -0.2) is 9.37 Å². The zero-order valence-electron chi connectivity index (χ0n) is 18.4. The summed E-state index contributed by atoms with van der Waals surface area (Å²) in [5.74, 6) is 0.922. The van der Waals surface area contributed by atoms with Crippen LogP contribution in [-0.2, 0) is 19.5 Å². The van der Waals surface area contributed by atoms with Gasteiger partial charge in [0, 0.05) is 24.0 Å².